The number of nitrogens with zero attached hydrogens (tertiary/aromatic N) is 3. The Morgan fingerprint density at radius 2 is 1.85 bits per heavy atom. The zero-order valence-corrected chi connectivity index (χ0v) is 19.1. The number of anilines is 1. The van der Waals surface area contributed by atoms with E-state index in [2.05, 4.69) is 14.8 Å². The van der Waals surface area contributed by atoms with Crippen molar-refractivity contribution in [1.82, 2.24) is 14.5 Å². The number of carbonyl (C=O) groups excluding carboxylic acids is 1. The highest BCUT2D eigenvalue weighted by Gasteiger charge is 2.27. The Balaban J connectivity index is 1.36. The summed E-state index contributed by atoms with van der Waals surface area (Å²) in [6.07, 6.45) is 1.77. The maximum atomic E-state index is 13.6. The fraction of sp³-hybridized carbons (Fsp3) is 0.259. The number of halogens is 1. The molecule has 4 aromatic rings. The van der Waals surface area contributed by atoms with Crippen molar-refractivity contribution in [3.8, 4) is 11.4 Å². The smallest absolute Gasteiger partial charge is 0.228 e. The zero-order chi connectivity index (χ0) is 23.5. The van der Waals surface area contributed by atoms with E-state index in [1.165, 1.54) is 12.1 Å². The van der Waals surface area contributed by atoms with Gasteiger partial charge < -0.3 is 10.1 Å². The maximum absolute atomic E-state index is 13.6. The summed E-state index contributed by atoms with van der Waals surface area (Å²) in [7, 11) is 1.60. The minimum atomic E-state index is -0.269. The number of imidazole rings is 1. The summed E-state index contributed by atoms with van der Waals surface area (Å²) in [5, 5.41) is 3.03. The Kier molecular flexibility index (Phi) is 6.27. The van der Waals surface area contributed by atoms with E-state index >= 15 is 0 Å². The summed E-state index contributed by atoms with van der Waals surface area (Å²) in [6.45, 7) is 2.14. The molecule has 1 aromatic heterocycles. The summed E-state index contributed by atoms with van der Waals surface area (Å²) >= 11 is 0. The van der Waals surface area contributed by atoms with E-state index in [1.807, 2.05) is 48.5 Å². The summed E-state index contributed by atoms with van der Waals surface area (Å²) in [5.74, 6) is 1.13. The molecule has 6 nitrogen and oxygen atoms in total. The molecule has 1 aliphatic heterocycles. The molecule has 1 fully saturated rings. The van der Waals surface area contributed by atoms with Gasteiger partial charge in [-0.05, 0) is 67.9 Å². The van der Waals surface area contributed by atoms with Crippen LogP contribution in [0, 0.1) is 11.7 Å². The van der Waals surface area contributed by atoms with Gasteiger partial charge in [0.2, 0.25) is 5.91 Å². The number of fused-ring (bicyclic) bond motifs is 1. The van der Waals surface area contributed by atoms with Gasteiger partial charge in [-0.25, -0.2) is 9.37 Å². The van der Waals surface area contributed by atoms with Crippen molar-refractivity contribution in [1.29, 1.82) is 0 Å². The Morgan fingerprint density at radius 1 is 1.09 bits per heavy atom. The molecule has 1 atom stereocenters. The fourth-order valence-electron chi connectivity index (χ4n) is 4.66. The Hall–Kier alpha value is -3.71. The first-order valence-electron chi connectivity index (χ1n) is 11.5. The van der Waals surface area contributed by atoms with Crippen LogP contribution < -0.4 is 10.1 Å². The molecule has 0 radical (unpaired) electrons. The standard InChI is InChI=1S/C27H27FN4O2/c1-34-25-11-5-3-9-23(25)30-27(33)19-7-6-16-31(17-19)18-26-29-22-8-2-4-10-24(22)32(26)21-14-12-20(28)13-15-21/h2-5,8-15,19H,6-7,16-18H2,1H3,(H,30,33)/t19-/m1/s1. The van der Waals surface area contributed by atoms with Crippen LogP contribution in [0.1, 0.15) is 18.7 Å². The number of nitrogens with one attached hydrogen (secondary N) is 1. The largest absolute Gasteiger partial charge is 0.495 e. The van der Waals surface area contributed by atoms with E-state index in [9.17, 15) is 9.18 Å². The second kappa shape index (κ2) is 9.65. The van der Waals surface area contributed by atoms with Gasteiger partial charge in [0.25, 0.3) is 0 Å². The molecule has 1 amide bonds. The first-order valence-corrected chi connectivity index (χ1v) is 11.5. The lowest BCUT2D eigenvalue weighted by atomic mass is 9.97. The number of rotatable bonds is 6. The highest BCUT2D eigenvalue weighted by molar-refractivity contribution is 5.94. The topological polar surface area (TPSA) is 59.4 Å². The van der Waals surface area contributed by atoms with Gasteiger partial charge in [-0.1, -0.05) is 24.3 Å². The van der Waals surface area contributed by atoms with Gasteiger partial charge in [-0.2, -0.15) is 0 Å². The van der Waals surface area contributed by atoms with Crippen molar-refractivity contribution in [2.45, 2.75) is 19.4 Å². The monoisotopic (exact) mass is 458 g/mol. The third-order valence-electron chi connectivity index (χ3n) is 6.32. The Bertz CT molecular complexity index is 1300. The first kappa shape index (κ1) is 22.1. The predicted molar refractivity (Wildman–Crippen MR) is 131 cm³/mol. The SMILES string of the molecule is COc1ccccc1NC(=O)[C@@H]1CCCN(Cc2nc3ccccc3n2-c2ccc(F)cc2)C1. The summed E-state index contributed by atoms with van der Waals surface area (Å²) < 4.78 is 21.0. The van der Waals surface area contributed by atoms with Gasteiger partial charge in [0.15, 0.2) is 0 Å². The van der Waals surface area contributed by atoms with Crippen molar-refractivity contribution >= 4 is 22.6 Å². The lowest BCUT2D eigenvalue weighted by Gasteiger charge is -2.32. The van der Waals surface area contributed by atoms with Gasteiger partial charge in [0, 0.05) is 12.2 Å². The minimum Gasteiger partial charge on any atom is -0.495 e. The molecule has 34 heavy (non-hydrogen) atoms. The number of ether oxygens (including phenoxy) is 1. The van der Waals surface area contributed by atoms with Crippen molar-refractivity contribution in [2.24, 2.45) is 5.92 Å². The van der Waals surface area contributed by atoms with Crippen molar-refractivity contribution in [3.05, 3.63) is 84.4 Å². The van der Waals surface area contributed by atoms with Crippen LogP contribution >= 0.6 is 0 Å². The van der Waals surface area contributed by atoms with E-state index in [-0.39, 0.29) is 17.6 Å². The summed E-state index contributed by atoms with van der Waals surface area (Å²) in [6, 6.07) is 21.9. The highest BCUT2D eigenvalue weighted by Crippen LogP contribution is 2.27. The molecule has 2 heterocycles. The lowest BCUT2D eigenvalue weighted by Crippen LogP contribution is -2.40. The molecule has 3 aromatic carbocycles. The van der Waals surface area contributed by atoms with E-state index in [0.29, 0.717) is 24.5 Å². The second-order valence-corrected chi connectivity index (χ2v) is 8.59. The van der Waals surface area contributed by atoms with Gasteiger partial charge in [0.1, 0.15) is 17.4 Å². The van der Waals surface area contributed by atoms with Crippen molar-refractivity contribution < 1.29 is 13.9 Å². The fourth-order valence-corrected chi connectivity index (χ4v) is 4.66. The molecule has 0 saturated carbocycles. The van der Waals surface area contributed by atoms with Crippen molar-refractivity contribution in [2.75, 3.05) is 25.5 Å². The second-order valence-electron chi connectivity index (χ2n) is 8.59. The molecule has 0 spiro atoms. The molecule has 1 N–H and O–H groups in total. The van der Waals surface area contributed by atoms with Gasteiger partial charge in [0.05, 0.1) is 36.3 Å². The van der Waals surface area contributed by atoms with Crippen LogP contribution in [0.25, 0.3) is 16.7 Å². The predicted octanol–water partition coefficient (Wildman–Crippen LogP) is 5.02. The third kappa shape index (κ3) is 4.52. The quantitative estimate of drug-likeness (QED) is 0.441. The van der Waals surface area contributed by atoms with Crippen LogP contribution in [0.4, 0.5) is 10.1 Å². The number of benzene rings is 3. The van der Waals surface area contributed by atoms with Crippen LogP contribution in [0.5, 0.6) is 5.75 Å². The Labute approximate surface area is 198 Å². The molecule has 0 bridgehead atoms. The number of aromatic nitrogens is 2. The van der Waals surface area contributed by atoms with Gasteiger partial charge >= 0.3 is 0 Å². The molecule has 7 heteroatoms. The number of methoxy groups -OCH3 is 1. The number of piperidine rings is 1. The van der Waals surface area contributed by atoms with Crippen LogP contribution in [-0.4, -0.2) is 40.6 Å². The number of para-hydroxylation sites is 4. The van der Waals surface area contributed by atoms with Crippen molar-refractivity contribution in [3.63, 3.8) is 0 Å². The zero-order valence-electron chi connectivity index (χ0n) is 19.1. The van der Waals surface area contributed by atoms with E-state index in [4.69, 9.17) is 9.72 Å². The molecule has 1 saturated heterocycles. The summed E-state index contributed by atoms with van der Waals surface area (Å²) in [5.41, 5.74) is 3.42. The van der Waals surface area contributed by atoms with Crippen LogP contribution in [0.3, 0.4) is 0 Å². The molecular formula is C27H27FN4O2. The first-order chi connectivity index (χ1) is 16.6. The molecule has 5 rings (SSSR count). The Morgan fingerprint density at radius 3 is 2.68 bits per heavy atom. The number of hydrogen-bond acceptors (Lipinski definition) is 4. The van der Waals surface area contributed by atoms with Gasteiger partial charge in [-0.15, -0.1) is 0 Å². The summed E-state index contributed by atoms with van der Waals surface area (Å²) in [4.78, 5) is 20.2. The molecule has 0 unspecified atom stereocenters. The van der Waals surface area contributed by atoms with Crippen LogP contribution in [0.15, 0.2) is 72.8 Å². The molecular weight excluding hydrogens is 431 g/mol. The number of hydrogen-bond donors (Lipinski definition) is 1. The normalized spacial score (nSPS) is 16.5. The van der Waals surface area contributed by atoms with E-state index in [0.717, 1.165) is 41.9 Å². The molecule has 174 valence electrons. The van der Waals surface area contributed by atoms with E-state index in [1.54, 1.807) is 19.2 Å². The minimum absolute atomic E-state index is 0.00115. The van der Waals surface area contributed by atoms with Gasteiger partial charge in [-0.3, -0.25) is 14.3 Å². The lowest BCUT2D eigenvalue weighted by molar-refractivity contribution is -0.121. The van der Waals surface area contributed by atoms with Crippen LogP contribution in [0.2, 0.25) is 0 Å². The average molecular weight is 459 g/mol. The van der Waals surface area contributed by atoms with E-state index < -0.39 is 0 Å². The molecule has 0 aliphatic carbocycles. The molecule has 1 aliphatic rings. The number of carbonyl (C=O) groups is 1. The average Bonchev–Trinajstić information content (AvgIpc) is 3.23. The highest BCUT2D eigenvalue weighted by atomic mass is 19.1. The maximum Gasteiger partial charge on any atom is 0.228 e. The number of likely N-dealkylation sites (tertiary alicyclic amines) is 1. The third-order valence-corrected chi connectivity index (χ3v) is 6.32. The number of amides is 1. The van der Waals surface area contributed by atoms with Crippen LogP contribution in [-0.2, 0) is 11.3 Å².